The molecule has 0 aliphatic heterocycles. The van der Waals surface area contributed by atoms with E-state index in [1.165, 1.54) is 18.2 Å². The van der Waals surface area contributed by atoms with Crippen molar-refractivity contribution in [3.63, 3.8) is 0 Å². The number of hydrogen-bond acceptors (Lipinski definition) is 3. The molecule has 0 aliphatic rings. The van der Waals surface area contributed by atoms with Crippen LogP contribution in [0.15, 0.2) is 36.7 Å². The smallest absolute Gasteiger partial charge is 0.391 e. The number of rotatable bonds is 7. The van der Waals surface area contributed by atoms with E-state index in [-0.39, 0.29) is 24.6 Å². The molecule has 2 atom stereocenters. The SMILES string of the molecule is CCOC(C)c1nccn1CC(O)Cc1ccccc1C(F)(F)F. The highest BCUT2D eigenvalue weighted by molar-refractivity contribution is 5.30. The maximum atomic E-state index is 13.0. The fourth-order valence-electron chi connectivity index (χ4n) is 2.68. The van der Waals surface area contributed by atoms with Gasteiger partial charge >= 0.3 is 6.18 Å². The van der Waals surface area contributed by atoms with Gasteiger partial charge in [0.1, 0.15) is 11.9 Å². The van der Waals surface area contributed by atoms with E-state index in [2.05, 4.69) is 4.98 Å². The summed E-state index contributed by atoms with van der Waals surface area (Å²) < 4.78 is 46.2. The molecule has 0 amide bonds. The van der Waals surface area contributed by atoms with Gasteiger partial charge in [-0.3, -0.25) is 0 Å². The number of aliphatic hydroxyl groups excluding tert-OH is 1. The normalized spacial score (nSPS) is 14.6. The minimum Gasteiger partial charge on any atom is -0.391 e. The molecule has 0 fully saturated rings. The molecule has 0 saturated carbocycles. The zero-order valence-electron chi connectivity index (χ0n) is 13.6. The number of ether oxygens (including phenoxy) is 1. The van der Waals surface area contributed by atoms with Gasteiger partial charge in [0.15, 0.2) is 0 Å². The molecule has 0 aliphatic carbocycles. The number of alkyl halides is 3. The highest BCUT2D eigenvalue weighted by Gasteiger charge is 2.33. The number of benzene rings is 1. The summed E-state index contributed by atoms with van der Waals surface area (Å²) >= 11 is 0. The Labute approximate surface area is 138 Å². The molecular weight excluding hydrogens is 321 g/mol. The van der Waals surface area contributed by atoms with E-state index in [1.807, 2.05) is 13.8 Å². The first-order valence-corrected chi connectivity index (χ1v) is 7.78. The van der Waals surface area contributed by atoms with Gasteiger partial charge < -0.3 is 14.4 Å². The molecule has 132 valence electrons. The van der Waals surface area contributed by atoms with Crippen LogP contribution < -0.4 is 0 Å². The molecule has 7 heteroatoms. The summed E-state index contributed by atoms with van der Waals surface area (Å²) in [5.74, 6) is 0.639. The lowest BCUT2D eigenvalue weighted by atomic mass is 10.0. The van der Waals surface area contributed by atoms with E-state index in [1.54, 1.807) is 17.0 Å². The second-order valence-corrected chi connectivity index (χ2v) is 5.55. The molecule has 1 heterocycles. The van der Waals surface area contributed by atoms with Crippen molar-refractivity contribution in [2.75, 3.05) is 6.61 Å². The van der Waals surface area contributed by atoms with Crippen LogP contribution in [0.25, 0.3) is 0 Å². The van der Waals surface area contributed by atoms with Crippen LogP contribution in [0.5, 0.6) is 0 Å². The van der Waals surface area contributed by atoms with E-state index < -0.39 is 17.8 Å². The van der Waals surface area contributed by atoms with Crippen molar-refractivity contribution in [1.29, 1.82) is 0 Å². The van der Waals surface area contributed by atoms with E-state index in [0.717, 1.165) is 6.07 Å². The van der Waals surface area contributed by atoms with E-state index in [4.69, 9.17) is 4.74 Å². The van der Waals surface area contributed by atoms with Crippen molar-refractivity contribution in [3.05, 3.63) is 53.6 Å². The fraction of sp³-hybridized carbons (Fsp3) is 0.471. The molecule has 1 aromatic carbocycles. The molecule has 1 aromatic heterocycles. The Hall–Kier alpha value is -1.86. The van der Waals surface area contributed by atoms with Gasteiger partial charge in [-0.15, -0.1) is 0 Å². The van der Waals surface area contributed by atoms with Gasteiger partial charge in [0.05, 0.1) is 18.2 Å². The third-order valence-electron chi connectivity index (χ3n) is 3.71. The second kappa shape index (κ2) is 7.81. The van der Waals surface area contributed by atoms with Crippen molar-refractivity contribution in [2.45, 2.75) is 45.2 Å². The maximum Gasteiger partial charge on any atom is 0.416 e. The predicted octanol–water partition coefficient (Wildman–Crippen LogP) is 3.60. The van der Waals surface area contributed by atoms with Crippen molar-refractivity contribution < 1.29 is 23.0 Å². The first-order chi connectivity index (χ1) is 11.3. The van der Waals surface area contributed by atoms with Crippen LogP contribution in [0, 0.1) is 0 Å². The number of imidazole rings is 1. The topological polar surface area (TPSA) is 47.3 Å². The molecule has 2 unspecified atom stereocenters. The highest BCUT2D eigenvalue weighted by Crippen LogP contribution is 2.32. The molecule has 24 heavy (non-hydrogen) atoms. The predicted molar refractivity (Wildman–Crippen MR) is 83.4 cm³/mol. The lowest BCUT2D eigenvalue weighted by Gasteiger charge is -2.19. The summed E-state index contributed by atoms with van der Waals surface area (Å²) in [7, 11) is 0. The Morgan fingerprint density at radius 1 is 1.29 bits per heavy atom. The Kier molecular flexibility index (Phi) is 6.01. The monoisotopic (exact) mass is 342 g/mol. The standard InChI is InChI=1S/C17H21F3N2O2/c1-3-24-12(2)16-21-8-9-22(16)11-14(23)10-13-6-4-5-7-15(13)17(18,19)20/h4-9,12,14,23H,3,10-11H2,1-2H3. The quantitative estimate of drug-likeness (QED) is 0.836. The van der Waals surface area contributed by atoms with Gasteiger partial charge in [0, 0.05) is 25.4 Å². The van der Waals surface area contributed by atoms with Crippen LogP contribution in [-0.2, 0) is 23.9 Å². The van der Waals surface area contributed by atoms with Gasteiger partial charge in [-0.05, 0) is 25.5 Å². The van der Waals surface area contributed by atoms with Crippen LogP contribution in [0.3, 0.4) is 0 Å². The summed E-state index contributed by atoms with van der Waals surface area (Å²) in [5, 5.41) is 10.2. The van der Waals surface area contributed by atoms with Crippen LogP contribution >= 0.6 is 0 Å². The first kappa shape index (κ1) is 18.5. The van der Waals surface area contributed by atoms with Crippen LogP contribution in [0.2, 0.25) is 0 Å². The number of aliphatic hydroxyl groups is 1. The third kappa shape index (κ3) is 4.58. The van der Waals surface area contributed by atoms with Crippen molar-refractivity contribution in [3.8, 4) is 0 Å². The average molecular weight is 342 g/mol. The number of halogens is 3. The van der Waals surface area contributed by atoms with Crippen molar-refractivity contribution in [2.24, 2.45) is 0 Å². The van der Waals surface area contributed by atoms with Crippen LogP contribution in [0.4, 0.5) is 13.2 Å². The summed E-state index contributed by atoms with van der Waals surface area (Å²) in [4.78, 5) is 4.20. The third-order valence-corrected chi connectivity index (χ3v) is 3.71. The Morgan fingerprint density at radius 3 is 2.67 bits per heavy atom. The zero-order chi connectivity index (χ0) is 17.7. The molecule has 0 spiro atoms. The Morgan fingerprint density at radius 2 is 2.00 bits per heavy atom. The average Bonchev–Trinajstić information content (AvgIpc) is 2.95. The van der Waals surface area contributed by atoms with Crippen LogP contribution in [0.1, 0.15) is 36.9 Å². The molecule has 2 rings (SSSR count). The largest absolute Gasteiger partial charge is 0.416 e. The van der Waals surface area contributed by atoms with Gasteiger partial charge in [-0.2, -0.15) is 13.2 Å². The lowest BCUT2D eigenvalue weighted by molar-refractivity contribution is -0.138. The highest BCUT2D eigenvalue weighted by atomic mass is 19.4. The van der Waals surface area contributed by atoms with E-state index >= 15 is 0 Å². The molecule has 2 aromatic rings. The molecular formula is C17H21F3N2O2. The first-order valence-electron chi connectivity index (χ1n) is 7.78. The summed E-state index contributed by atoms with van der Waals surface area (Å²) in [5.41, 5.74) is -0.630. The summed E-state index contributed by atoms with van der Waals surface area (Å²) in [6, 6.07) is 5.30. The fourth-order valence-corrected chi connectivity index (χ4v) is 2.68. The molecule has 0 radical (unpaired) electrons. The maximum absolute atomic E-state index is 13.0. The van der Waals surface area contributed by atoms with Crippen molar-refractivity contribution >= 4 is 0 Å². The minimum absolute atomic E-state index is 0.0806. The van der Waals surface area contributed by atoms with E-state index in [0.29, 0.717) is 12.4 Å². The van der Waals surface area contributed by atoms with Crippen LogP contribution in [-0.4, -0.2) is 27.4 Å². The molecule has 4 nitrogen and oxygen atoms in total. The van der Waals surface area contributed by atoms with Gasteiger partial charge in [0.2, 0.25) is 0 Å². The second-order valence-electron chi connectivity index (χ2n) is 5.55. The number of hydrogen-bond donors (Lipinski definition) is 1. The Bertz CT molecular complexity index is 655. The van der Waals surface area contributed by atoms with Gasteiger partial charge in [0.25, 0.3) is 0 Å². The van der Waals surface area contributed by atoms with Gasteiger partial charge in [-0.1, -0.05) is 18.2 Å². The summed E-state index contributed by atoms with van der Waals surface area (Å²) in [6.45, 7) is 4.38. The minimum atomic E-state index is -4.43. The molecule has 0 saturated heterocycles. The lowest BCUT2D eigenvalue weighted by Crippen LogP contribution is -2.22. The molecule has 1 N–H and O–H groups in total. The van der Waals surface area contributed by atoms with Gasteiger partial charge in [-0.25, -0.2) is 4.98 Å². The number of nitrogens with zero attached hydrogens (tertiary/aromatic N) is 2. The zero-order valence-corrected chi connectivity index (χ0v) is 13.6. The Balaban J connectivity index is 2.10. The summed E-state index contributed by atoms with van der Waals surface area (Å²) in [6.07, 6.45) is -2.46. The van der Waals surface area contributed by atoms with E-state index in [9.17, 15) is 18.3 Å². The molecule has 0 bridgehead atoms. The van der Waals surface area contributed by atoms with Crippen molar-refractivity contribution in [1.82, 2.24) is 9.55 Å². The number of aromatic nitrogens is 2.